The fourth-order valence-electron chi connectivity index (χ4n) is 2.80. The molecule has 0 radical (unpaired) electrons. The number of hydrogen-bond acceptors (Lipinski definition) is 3. The van der Waals surface area contributed by atoms with Crippen LogP contribution in [0.15, 0.2) is 0 Å². The lowest BCUT2D eigenvalue weighted by Gasteiger charge is -2.25. The summed E-state index contributed by atoms with van der Waals surface area (Å²) in [6.07, 6.45) is 5.25. The third kappa shape index (κ3) is 4.20. The van der Waals surface area contributed by atoms with Crippen molar-refractivity contribution >= 4 is 11.9 Å². The number of carboxylic acids is 1. The second kappa shape index (κ2) is 6.37. The smallest absolute Gasteiger partial charge is 0.306 e. The van der Waals surface area contributed by atoms with E-state index in [9.17, 15) is 9.59 Å². The average Bonchev–Trinajstić information content (AvgIpc) is 3.23. The van der Waals surface area contributed by atoms with Crippen molar-refractivity contribution in [2.75, 3.05) is 20.1 Å². The van der Waals surface area contributed by atoms with Crippen molar-refractivity contribution in [3.05, 3.63) is 0 Å². The van der Waals surface area contributed by atoms with Crippen LogP contribution < -0.4 is 5.32 Å². The number of likely N-dealkylation sites (N-methyl/N-ethyl adjacent to an activating group) is 1. The third-order valence-electron chi connectivity index (χ3n) is 4.38. The van der Waals surface area contributed by atoms with Crippen LogP contribution in [0.2, 0.25) is 0 Å². The minimum atomic E-state index is -0.718. The van der Waals surface area contributed by atoms with Gasteiger partial charge in [0.15, 0.2) is 0 Å². The van der Waals surface area contributed by atoms with Crippen molar-refractivity contribution in [1.29, 1.82) is 0 Å². The minimum absolute atomic E-state index is 0.0156. The van der Waals surface area contributed by atoms with Crippen LogP contribution in [0, 0.1) is 11.8 Å². The minimum Gasteiger partial charge on any atom is -0.481 e. The summed E-state index contributed by atoms with van der Waals surface area (Å²) in [5.74, 6) is -0.843. The van der Waals surface area contributed by atoms with E-state index >= 15 is 0 Å². The van der Waals surface area contributed by atoms with Crippen LogP contribution in [0.5, 0.6) is 0 Å². The number of nitrogens with one attached hydrogen (secondary N) is 1. The molecule has 0 saturated heterocycles. The van der Waals surface area contributed by atoms with E-state index in [1.807, 2.05) is 0 Å². The van der Waals surface area contributed by atoms with Crippen molar-refractivity contribution in [1.82, 2.24) is 10.2 Å². The normalized spacial score (nSPS) is 27.3. The second-order valence-electron chi connectivity index (χ2n) is 5.89. The highest BCUT2D eigenvalue weighted by molar-refractivity contribution is 5.79. The van der Waals surface area contributed by atoms with Gasteiger partial charge in [-0.1, -0.05) is 0 Å². The van der Waals surface area contributed by atoms with Gasteiger partial charge in [-0.2, -0.15) is 0 Å². The molecule has 108 valence electrons. The number of carbonyl (C=O) groups excluding carboxylic acids is 1. The number of rotatable bonds is 6. The quantitative estimate of drug-likeness (QED) is 0.756. The summed E-state index contributed by atoms with van der Waals surface area (Å²) in [6.45, 7) is 1.60. The Morgan fingerprint density at radius 1 is 1.11 bits per heavy atom. The van der Waals surface area contributed by atoms with Crippen LogP contribution >= 0.6 is 0 Å². The molecule has 5 heteroatoms. The molecular weight excluding hydrogens is 244 g/mol. The Hall–Kier alpha value is -1.10. The summed E-state index contributed by atoms with van der Waals surface area (Å²) in [7, 11) is 2.10. The maximum absolute atomic E-state index is 12.0. The maximum atomic E-state index is 12.0. The lowest BCUT2D eigenvalue weighted by molar-refractivity contribution is -0.144. The number of amides is 1. The molecule has 1 amide bonds. The van der Waals surface area contributed by atoms with Gasteiger partial charge in [0, 0.05) is 25.0 Å². The Balaban J connectivity index is 1.62. The van der Waals surface area contributed by atoms with E-state index in [0.29, 0.717) is 32.2 Å². The van der Waals surface area contributed by atoms with Gasteiger partial charge in [-0.25, -0.2) is 0 Å². The van der Waals surface area contributed by atoms with Gasteiger partial charge in [0.05, 0.1) is 5.92 Å². The van der Waals surface area contributed by atoms with Gasteiger partial charge in [0.2, 0.25) is 5.91 Å². The lowest BCUT2D eigenvalue weighted by Crippen LogP contribution is -2.38. The first-order valence-corrected chi connectivity index (χ1v) is 7.28. The van der Waals surface area contributed by atoms with Gasteiger partial charge >= 0.3 is 5.97 Å². The first-order chi connectivity index (χ1) is 9.08. The summed E-state index contributed by atoms with van der Waals surface area (Å²) >= 11 is 0. The van der Waals surface area contributed by atoms with Crippen LogP contribution in [-0.4, -0.2) is 48.1 Å². The average molecular weight is 268 g/mol. The monoisotopic (exact) mass is 268 g/mol. The first kappa shape index (κ1) is 14.3. The molecular formula is C14H24N2O3. The molecule has 2 saturated carbocycles. The molecule has 2 fully saturated rings. The Labute approximate surface area is 114 Å². The molecule has 2 N–H and O–H groups in total. The van der Waals surface area contributed by atoms with Crippen LogP contribution in [-0.2, 0) is 9.59 Å². The summed E-state index contributed by atoms with van der Waals surface area (Å²) in [4.78, 5) is 25.1. The Morgan fingerprint density at radius 2 is 1.68 bits per heavy atom. The van der Waals surface area contributed by atoms with Crippen molar-refractivity contribution < 1.29 is 14.7 Å². The van der Waals surface area contributed by atoms with Gasteiger partial charge in [-0.15, -0.1) is 0 Å². The van der Waals surface area contributed by atoms with Gasteiger partial charge in [0.1, 0.15) is 0 Å². The highest BCUT2D eigenvalue weighted by Crippen LogP contribution is 2.29. The van der Waals surface area contributed by atoms with Gasteiger partial charge < -0.3 is 15.3 Å². The molecule has 0 spiro atoms. The molecule has 0 heterocycles. The summed E-state index contributed by atoms with van der Waals surface area (Å²) < 4.78 is 0. The molecule has 0 unspecified atom stereocenters. The number of aliphatic carboxylic acids is 1. The molecule has 19 heavy (non-hydrogen) atoms. The predicted molar refractivity (Wildman–Crippen MR) is 71.7 cm³/mol. The van der Waals surface area contributed by atoms with Gasteiger partial charge in [-0.3, -0.25) is 9.59 Å². The highest BCUT2D eigenvalue weighted by Gasteiger charge is 2.30. The molecule has 0 aromatic rings. The highest BCUT2D eigenvalue weighted by atomic mass is 16.4. The predicted octanol–water partition coefficient (Wildman–Crippen LogP) is 1.09. The standard InChI is InChI=1S/C14H24N2O3/c1-16(12-6-7-12)9-8-15-13(17)10-2-4-11(5-3-10)14(18)19/h10-12H,2-9H2,1H3,(H,15,17)(H,18,19). The number of carboxylic acid groups (broad SMARTS) is 1. The third-order valence-corrected chi connectivity index (χ3v) is 4.38. The van der Waals surface area contributed by atoms with Crippen LogP contribution in [0.25, 0.3) is 0 Å². The zero-order chi connectivity index (χ0) is 13.8. The molecule has 5 nitrogen and oxygen atoms in total. The fraction of sp³-hybridized carbons (Fsp3) is 0.857. The van der Waals surface area contributed by atoms with E-state index in [0.717, 1.165) is 12.6 Å². The van der Waals surface area contributed by atoms with E-state index in [-0.39, 0.29) is 17.7 Å². The lowest BCUT2D eigenvalue weighted by atomic mass is 9.81. The molecule has 0 aliphatic heterocycles. The molecule has 2 rings (SSSR count). The Bertz CT molecular complexity index is 334. The maximum Gasteiger partial charge on any atom is 0.306 e. The van der Waals surface area contributed by atoms with Crippen molar-refractivity contribution in [3.8, 4) is 0 Å². The van der Waals surface area contributed by atoms with Gasteiger partial charge in [0.25, 0.3) is 0 Å². The number of carbonyl (C=O) groups is 2. The molecule has 0 atom stereocenters. The zero-order valence-electron chi connectivity index (χ0n) is 11.6. The van der Waals surface area contributed by atoms with E-state index in [2.05, 4.69) is 17.3 Å². The summed E-state index contributed by atoms with van der Waals surface area (Å²) in [5, 5.41) is 11.9. The van der Waals surface area contributed by atoms with Crippen LogP contribution in [0.3, 0.4) is 0 Å². The van der Waals surface area contributed by atoms with E-state index in [4.69, 9.17) is 5.11 Å². The SMILES string of the molecule is CN(CCNC(=O)C1CCC(C(=O)O)CC1)C1CC1. The largest absolute Gasteiger partial charge is 0.481 e. The molecule has 0 aromatic heterocycles. The van der Waals surface area contributed by atoms with Crippen molar-refractivity contribution in [2.24, 2.45) is 11.8 Å². The summed E-state index contributed by atoms with van der Waals surface area (Å²) in [5.41, 5.74) is 0. The molecule has 0 bridgehead atoms. The van der Waals surface area contributed by atoms with Crippen LogP contribution in [0.4, 0.5) is 0 Å². The van der Waals surface area contributed by atoms with Crippen molar-refractivity contribution in [2.45, 2.75) is 44.6 Å². The van der Waals surface area contributed by atoms with Crippen molar-refractivity contribution in [3.63, 3.8) is 0 Å². The Kier molecular flexibility index (Phi) is 4.80. The number of nitrogens with zero attached hydrogens (tertiary/aromatic N) is 1. The molecule has 0 aromatic carbocycles. The number of hydrogen-bond donors (Lipinski definition) is 2. The van der Waals surface area contributed by atoms with E-state index in [1.165, 1.54) is 12.8 Å². The zero-order valence-corrected chi connectivity index (χ0v) is 11.6. The van der Waals surface area contributed by atoms with Crippen LogP contribution in [0.1, 0.15) is 38.5 Å². The topological polar surface area (TPSA) is 69.6 Å². The molecule has 2 aliphatic carbocycles. The second-order valence-corrected chi connectivity index (χ2v) is 5.89. The first-order valence-electron chi connectivity index (χ1n) is 7.28. The summed E-state index contributed by atoms with van der Waals surface area (Å²) in [6, 6.07) is 0.725. The molecule has 2 aliphatic rings. The van der Waals surface area contributed by atoms with Gasteiger partial charge in [-0.05, 0) is 45.6 Å². The fourth-order valence-corrected chi connectivity index (χ4v) is 2.80. The van der Waals surface area contributed by atoms with E-state index < -0.39 is 5.97 Å². The Morgan fingerprint density at radius 3 is 2.21 bits per heavy atom. The van der Waals surface area contributed by atoms with E-state index in [1.54, 1.807) is 0 Å².